The van der Waals surface area contributed by atoms with Crippen molar-refractivity contribution in [3.05, 3.63) is 71.3 Å². The Morgan fingerprint density at radius 3 is 2.17 bits per heavy atom. The molecule has 1 saturated heterocycles. The fourth-order valence-corrected chi connectivity index (χ4v) is 4.05. The second kappa shape index (κ2) is 10.5. The standard InChI is InChI=1S/C26H29N3O7/c1-26(2,3)35-25(33)28-15-18(27-34-16-17-9-5-4-6-10-17)13-14-21(28)24(32)36-29-22(30)19-11-7-8-12-20(19)23(29)31/h4-12,18,21,27H,13-16H2,1-3H3/t18-,21+/m1/s1. The van der Waals surface area contributed by atoms with E-state index >= 15 is 0 Å². The molecule has 0 saturated carbocycles. The molecule has 2 aromatic carbocycles. The number of hydrogen-bond donors (Lipinski definition) is 1. The number of benzene rings is 2. The topological polar surface area (TPSA) is 114 Å². The first-order chi connectivity index (χ1) is 17.1. The van der Waals surface area contributed by atoms with Crippen LogP contribution in [0, 0.1) is 0 Å². The molecule has 2 atom stereocenters. The van der Waals surface area contributed by atoms with Crippen molar-refractivity contribution >= 4 is 23.9 Å². The number of carbonyl (C=O) groups is 4. The lowest BCUT2D eigenvalue weighted by Gasteiger charge is -2.38. The minimum atomic E-state index is -1.05. The quantitative estimate of drug-likeness (QED) is 0.480. The number of hydroxylamine groups is 3. The summed E-state index contributed by atoms with van der Waals surface area (Å²) in [5.74, 6) is -2.34. The maximum atomic E-state index is 13.1. The van der Waals surface area contributed by atoms with Crippen LogP contribution in [0.5, 0.6) is 0 Å². The molecule has 190 valence electrons. The van der Waals surface area contributed by atoms with Gasteiger partial charge in [-0.2, -0.15) is 5.48 Å². The number of fused-ring (bicyclic) bond motifs is 1. The summed E-state index contributed by atoms with van der Waals surface area (Å²) in [6.45, 7) is 5.60. The molecular weight excluding hydrogens is 466 g/mol. The summed E-state index contributed by atoms with van der Waals surface area (Å²) in [6, 6.07) is 14.5. The molecule has 10 heteroatoms. The van der Waals surface area contributed by atoms with Crippen LogP contribution in [0.15, 0.2) is 54.6 Å². The van der Waals surface area contributed by atoms with Gasteiger partial charge in [-0.15, -0.1) is 0 Å². The Balaban J connectivity index is 1.43. The summed E-state index contributed by atoms with van der Waals surface area (Å²) in [7, 11) is 0. The molecule has 1 fully saturated rings. The lowest BCUT2D eigenvalue weighted by molar-refractivity contribution is -0.176. The summed E-state index contributed by atoms with van der Waals surface area (Å²) in [5.41, 5.74) is 3.45. The highest BCUT2D eigenvalue weighted by atomic mass is 16.7. The SMILES string of the molecule is CC(C)(C)OC(=O)N1C[C@H](NOCc2ccccc2)CC[C@H]1C(=O)ON1C(=O)c2ccccc2C1=O. The van der Waals surface area contributed by atoms with E-state index in [1.165, 1.54) is 17.0 Å². The Morgan fingerprint density at radius 2 is 1.56 bits per heavy atom. The Bertz CT molecular complexity index is 1110. The molecule has 0 aliphatic carbocycles. The van der Waals surface area contributed by atoms with E-state index in [0.717, 1.165) is 5.56 Å². The first kappa shape index (κ1) is 25.3. The van der Waals surface area contributed by atoms with Gasteiger partial charge < -0.3 is 9.57 Å². The molecule has 0 unspecified atom stereocenters. The number of hydrogen-bond acceptors (Lipinski definition) is 8. The number of piperidine rings is 1. The van der Waals surface area contributed by atoms with Gasteiger partial charge in [0.2, 0.25) is 0 Å². The Morgan fingerprint density at radius 1 is 0.944 bits per heavy atom. The van der Waals surface area contributed by atoms with Crippen LogP contribution < -0.4 is 5.48 Å². The number of carbonyl (C=O) groups excluding carboxylic acids is 4. The van der Waals surface area contributed by atoms with Gasteiger partial charge in [0.15, 0.2) is 0 Å². The van der Waals surface area contributed by atoms with E-state index in [-0.39, 0.29) is 30.1 Å². The Labute approximate surface area is 209 Å². The van der Waals surface area contributed by atoms with Crippen LogP contribution in [0.1, 0.15) is 59.9 Å². The molecule has 36 heavy (non-hydrogen) atoms. The number of rotatable bonds is 6. The molecule has 2 aliphatic rings. The zero-order chi connectivity index (χ0) is 25.9. The third kappa shape index (κ3) is 5.72. The second-order valence-corrected chi connectivity index (χ2v) is 9.68. The van der Waals surface area contributed by atoms with Crippen LogP contribution >= 0.6 is 0 Å². The van der Waals surface area contributed by atoms with E-state index in [9.17, 15) is 19.2 Å². The van der Waals surface area contributed by atoms with Gasteiger partial charge in [0.25, 0.3) is 11.8 Å². The van der Waals surface area contributed by atoms with E-state index in [2.05, 4.69) is 5.48 Å². The van der Waals surface area contributed by atoms with Crippen molar-refractivity contribution < 1.29 is 33.6 Å². The average molecular weight is 496 g/mol. The molecule has 2 aromatic rings. The summed E-state index contributed by atoms with van der Waals surface area (Å²) in [6.07, 6.45) is -0.00907. The monoisotopic (exact) mass is 495 g/mol. The molecule has 3 amide bonds. The lowest BCUT2D eigenvalue weighted by Crippen LogP contribution is -2.57. The second-order valence-electron chi connectivity index (χ2n) is 9.68. The smallest absolute Gasteiger partial charge is 0.411 e. The molecule has 0 aromatic heterocycles. The number of ether oxygens (including phenoxy) is 1. The molecule has 4 rings (SSSR count). The van der Waals surface area contributed by atoms with Crippen molar-refractivity contribution in [3.63, 3.8) is 0 Å². The van der Waals surface area contributed by atoms with Gasteiger partial charge in [0, 0.05) is 6.54 Å². The number of nitrogens with one attached hydrogen (secondary N) is 1. The molecule has 2 heterocycles. The normalized spacial score (nSPS) is 19.8. The van der Waals surface area contributed by atoms with E-state index in [1.54, 1.807) is 32.9 Å². The predicted octanol–water partition coefficient (Wildman–Crippen LogP) is 3.23. The van der Waals surface area contributed by atoms with Gasteiger partial charge in [-0.1, -0.05) is 47.5 Å². The van der Waals surface area contributed by atoms with Crippen molar-refractivity contribution in [1.29, 1.82) is 0 Å². The van der Waals surface area contributed by atoms with Gasteiger partial charge in [-0.3, -0.25) is 19.3 Å². The predicted molar refractivity (Wildman–Crippen MR) is 127 cm³/mol. The molecular formula is C26H29N3O7. The highest BCUT2D eigenvalue weighted by molar-refractivity contribution is 6.20. The van der Waals surface area contributed by atoms with Crippen LogP contribution in [0.4, 0.5) is 4.79 Å². The zero-order valence-corrected chi connectivity index (χ0v) is 20.4. The fourth-order valence-electron chi connectivity index (χ4n) is 4.05. The van der Waals surface area contributed by atoms with Gasteiger partial charge in [-0.05, 0) is 51.3 Å². The third-order valence-electron chi connectivity index (χ3n) is 5.75. The summed E-state index contributed by atoms with van der Waals surface area (Å²) < 4.78 is 5.51. The van der Waals surface area contributed by atoms with Crippen molar-refractivity contribution in [2.45, 2.75) is 57.9 Å². The first-order valence-electron chi connectivity index (χ1n) is 11.7. The highest BCUT2D eigenvalue weighted by Gasteiger charge is 2.44. The Hall–Kier alpha value is -3.76. The number of imide groups is 1. The van der Waals surface area contributed by atoms with E-state index < -0.39 is 35.5 Å². The minimum absolute atomic E-state index is 0.103. The molecule has 2 aliphatic heterocycles. The third-order valence-corrected chi connectivity index (χ3v) is 5.75. The highest BCUT2D eigenvalue weighted by Crippen LogP contribution is 2.26. The average Bonchev–Trinajstić information content (AvgIpc) is 3.08. The van der Waals surface area contributed by atoms with Gasteiger partial charge in [-0.25, -0.2) is 9.59 Å². The van der Waals surface area contributed by atoms with Gasteiger partial charge in [0.1, 0.15) is 11.6 Å². The number of likely N-dealkylation sites (tertiary alicyclic amines) is 1. The van der Waals surface area contributed by atoms with E-state index in [1.807, 2.05) is 30.3 Å². The summed E-state index contributed by atoms with van der Waals surface area (Å²) in [5, 5.41) is 0.452. The maximum Gasteiger partial charge on any atom is 0.411 e. The van der Waals surface area contributed by atoms with Crippen LogP contribution in [-0.4, -0.2) is 58.1 Å². The number of nitrogens with zero attached hydrogens (tertiary/aromatic N) is 2. The van der Waals surface area contributed by atoms with Crippen LogP contribution in [0.3, 0.4) is 0 Å². The molecule has 0 bridgehead atoms. The van der Waals surface area contributed by atoms with Crippen molar-refractivity contribution in [2.24, 2.45) is 0 Å². The van der Waals surface area contributed by atoms with Crippen molar-refractivity contribution in [2.75, 3.05) is 6.54 Å². The summed E-state index contributed by atoms with van der Waals surface area (Å²) >= 11 is 0. The van der Waals surface area contributed by atoms with Crippen molar-refractivity contribution in [1.82, 2.24) is 15.4 Å². The van der Waals surface area contributed by atoms with Crippen LogP contribution in [0.2, 0.25) is 0 Å². The Kier molecular flexibility index (Phi) is 7.37. The van der Waals surface area contributed by atoms with Crippen molar-refractivity contribution in [3.8, 4) is 0 Å². The first-order valence-corrected chi connectivity index (χ1v) is 11.7. The summed E-state index contributed by atoms with van der Waals surface area (Å²) in [4.78, 5) is 63.4. The molecule has 10 nitrogen and oxygen atoms in total. The lowest BCUT2D eigenvalue weighted by atomic mass is 9.99. The van der Waals surface area contributed by atoms with Crippen LogP contribution in [0.25, 0.3) is 0 Å². The largest absolute Gasteiger partial charge is 0.444 e. The van der Waals surface area contributed by atoms with Gasteiger partial charge in [0.05, 0.1) is 23.8 Å². The molecule has 1 N–H and O–H groups in total. The van der Waals surface area contributed by atoms with E-state index in [0.29, 0.717) is 18.1 Å². The molecule has 0 radical (unpaired) electrons. The zero-order valence-electron chi connectivity index (χ0n) is 20.4. The minimum Gasteiger partial charge on any atom is -0.444 e. The maximum absolute atomic E-state index is 13.1. The number of amides is 3. The fraction of sp³-hybridized carbons (Fsp3) is 0.385. The molecule has 0 spiro atoms. The van der Waals surface area contributed by atoms with Gasteiger partial charge >= 0.3 is 12.1 Å². The van der Waals surface area contributed by atoms with Crippen LogP contribution in [-0.2, 0) is 25.8 Å². The van der Waals surface area contributed by atoms with E-state index in [4.69, 9.17) is 14.4 Å².